The van der Waals surface area contributed by atoms with Crippen molar-refractivity contribution in [3.63, 3.8) is 0 Å². The van der Waals surface area contributed by atoms with Crippen LogP contribution < -0.4 is 0 Å². The Labute approximate surface area is 178 Å². The highest BCUT2D eigenvalue weighted by Gasteiger charge is 2.52. The Hall–Kier alpha value is -2.80. The van der Waals surface area contributed by atoms with Crippen molar-refractivity contribution in [2.45, 2.75) is 38.3 Å². The number of likely N-dealkylation sites (N-methyl/N-ethyl adjacent to an activating group) is 2. The summed E-state index contributed by atoms with van der Waals surface area (Å²) in [5.74, 6) is 1.19. The number of carbonyl (C=O) groups excluding carboxylic acids is 2. The number of fused-ring (bicyclic) bond motifs is 1. The second kappa shape index (κ2) is 8.52. The predicted octanol–water partition coefficient (Wildman–Crippen LogP) is 2.29. The third kappa shape index (κ3) is 3.81. The summed E-state index contributed by atoms with van der Waals surface area (Å²) >= 11 is 0. The van der Waals surface area contributed by atoms with E-state index in [1.54, 1.807) is 14.1 Å². The Morgan fingerprint density at radius 1 is 1.13 bits per heavy atom. The van der Waals surface area contributed by atoms with Gasteiger partial charge in [-0.25, -0.2) is 9.37 Å². The van der Waals surface area contributed by atoms with Gasteiger partial charge < -0.3 is 0 Å². The fourth-order valence-corrected chi connectivity index (χ4v) is 4.43. The van der Waals surface area contributed by atoms with Gasteiger partial charge in [0.15, 0.2) is 0 Å². The normalized spacial score (nSPS) is 25.4. The lowest BCUT2D eigenvalue weighted by atomic mass is 10.0. The number of amidine groups is 2. The van der Waals surface area contributed by atoms with Crippen molar-refractivity contribution in [2.75, 3.05) is 33.7 Å². The van der Waals surface area contributed by atoms with Gasteiger partial charge in [0.25, 0.3) is 17.8 Å². The monoisotopic (exact) mass is 408 g/mol. The summed E-state index contributed by atoms with van der Waals surface area (Å²) in [4.78, 5) is 35.4. The minimum atomic E-state index is -0.548. The summed E-state index contributed by atoms with van der Waals surface area (Å²) in [5.41, 5.74) is 1.11. The fourth-order valence-electron chi connectivity index (χ4n) is 4.43. The summed E-state index contributed by atoms with van der Waals surface area (Å²) in [6.07, 6.45) is 7.75. The SMILES string of the molecule is CC1CCCCN1CC1=[N+](C/C=C/c2ccccc2)C2C(=O)N(C)C(=O)N(C)C2=N1. The van der Waals surface area contributed by atoms with E-state index in [9.17, 15) is 9.59 Å². The molecule has 0 N–H and O–H groups in total. The Kier molecular flexibility index (Phi) is 5.81. The van der Waals surface area contributed by atoms with E-state index in [1.165, 1.54) is 29.1 Å². The van der Waals surface area contributed by atoms with Crippen molar-refractivity contribution in [3.05, 3.63) is 42.0 Å². The minimum Gasteiger partial charge on any atom is -0.289 e. The number of amides is 3. The van der Waals surface area contributed by atoms with Crippen LogP contribution in [0.4, 0.5) is 4.79 Å². The van der Waals surface area contributed by atoms with Crippen molar-refractivity contribution in [2.24, 2.45) is 4.99 Å². The molecule has 3 amide bonds. The quantitative estimate of drug-likeness (QED) is 0.703. The van der Waals surface area contributed by atoms with Gasteiger partial charge in [0.05, 0.1) is 0 Å². The summed E-state index contributed by atoms with van der Waals surface area (Å²) in [7, 11) is 3.24. The van der Waals surface area contributed by atoms with Crippen LogP contribution in [0.1, 0.15) is 31.7 Å². The molecule has 0 aliphatic carbocycles. The van der Waals surface area contributed by atoms with Gasteiger partial charge in [-0.2, -0.15) is 0 Å². The average Bonchev–Trinajstić information content (AvgIpc) is 3.11. The first-order valence-corrected chi connectivity index (χ1v) is 10.7. The van der Waals surface area contributed by atoms with Crippen LogP contribution in [0.3, 0.4) is 0 Å². The molecule has 3 heterocycles. The molecular formula is C23H30N5O2+. The Balaban J connectivity index is 1.64. The highest BCUT2D eigenvalue weighted by molar-refractivity contribution is 6.23. The van der Waals surface area contributed by atoms with Gasteiger partial charge in [-0.1, -0.05) is 42.8 Å². The topological polar surface area (TPSA) is 59.2 Å². The molecule has 4 rings (SSSR count). The number of likely N-dealkylation sites (tertiary alicyclic amines) is 1. The molecular weight excluding hydrogens is 378 g/mol. The van der Waals surface area contributed by atoms with Gasteiger partial charge >= 0.3 is 11.9 Å². The summed E-state index contributed by atoms with van der Waals surface area (Å²) in [6, 6.07) is 9.72. The molecule has 2 unspecified atom stereocenters. The molecule has 0 aromatic heterocycles. The summed E-state index contributed by atoms with van der Waals surface area (Å²) in [6.45, 7) is 4.55. The number of hydrogen-bond acceptors (Lipinski definition) is 4. The van der Waals surface area contributed by atoms with Crippen LogP contribution in [0.25, 0.3) is 6.08 Å². The molecule has 2 fully saturated rings. The second-order valence-electron chi connectivity index (χ2n) is 8.31. The Morgan fingerprint density at radius 2 is 1.90 bits per heavy atom. The van der Waals surface area contributed by atoms with Crippen LogP contribution in [0.5, 0.6) is 0 Å². The molecule has 1 aromatic rings. The molecule has 7 nitrogen and oxygen atoms in total. The van der Waals surface area contributed by atoms with E-state index in [0.717, 1.165) is 17.9 Å². The van der Waals surface area contributed by atoms with Crippen molar-refractivity contribution in [1.82, 2.24) is 14.7 Å². The third-order valence-corrected chi connectivity index (χ3v) is 6.31. The molecule has 2 atom stereocenters. The van der Waals surface area contributed by atoms with Gasteiger partial charge in [0.1, 0.15) is 13.1 Å². The first-order chi connectivity index (χ1) is 14.5. The van der Waals surface area contributed by atoms with Gasteiger partial charge in [0.2, 0.25) is 0 Å². The first kappa shape index (κ1) is 20.5. The largest absolute Gasteiger partial charge is 0.333 e. The fraction of sp³-hybridized carbons (Fsp3) is 0.478. The van der Waals surface area contributed by atoms with Gasteiger partial charge in [0, 0.05) is 20.1 Å². The van der Waals surface area contributed by atoms with Crippen LogP contribution in [-0.2, 0) is 4.79 Å². The Bertz CT molecular complexity index is 921. The third-order valence-electron chi connectivity index (χ3n) is 6.31. The second-order valence-corrected chi connectivity index (χ2v) is 8.31. The molecule has 0 bridgehead atoms. The number of hydrogen-bond donors (Lipinski definition) is 0. The predicted molar refractivity (Wildman–Crippen MR) is 118 cm³/mol. The number of rotatable bonds is 5. The van der Waals surface area contributed by atoms with Gasteiger partial charge in [-0.05, 0) is 42.9 Å². The minimum absolute atomic E-state index is 0.216. The van der Waals surface area contributed by atoms with Gasteiger partial charge in [-0.3, -0.25) is 19.5 Å². The lowest BCUT2D eigenvalue weighted by molar-refractivity contribution is -0.526. The van der Waals surface area contributed by atoms with Crippen molar-refractivity contribution in [1.29, 1.82) is 0 Å². The molecule has 1 aromatic carbocycles. The molecule has 0 saturated carbocycles. The first-order valence-electron chi connectivity index (χ1n) is 10.7. The maximum atomic E-state index is 13.0. The van der Waals surface area contributed by atoms with E-state index in [0.29, 0.717) is 25.0 Å². The van der Waals surface area contributed by atoms with Crippen LogP contribution in [-0.4, -0.2) is 88.7 Å². The lowest BCUT2D eigenvalue weighted by Gasteiger charge is -2.32. The number of imide groups is 1. The molecule has 0 radical (unpaired) electrons. The lowest BCUT2D eigenvalue weighted by Crippen LogP contribution is -2.61. The van der Waals surface area contributed by atoms with E-state index in [-0.39, 0.29) is 11.9 Å². The molecule has 0 spiro atoms. The highest BCUT2D eigenvalue weighted by atomic mass is 16.2. The molecule has 2 saturated heterocycles. The highest BCUT2D eigenvalue weighted by Crippen LogP contribution is 2.21. The number of carbonyl (C=O) groups is 2. The van der Waals surface area contributed by atoms with E-state index in [2.05, 4.69) is 40.7 Å². The molecule has 30 heavy (non-hydrogen) atoms. The zero-order valence-corrected chi connectivity index (χ0v) is 18.0. The maximum Gasteiger partial charge on any atom is 0.333 e. The van der Waals surface area contributed by atoms with E-state index < -0.39 is 6.04 Å². The maximum absolute atomic E-state index is 13.0. The zero-order chi connectivity index (χ0) is 21.3. The molecule has 3 aliphatic rings. The van der Waals surface area contributed by atoms with Crippen LogP contribution in [0.2, 0.25) is 0 Å². The standard InChI is InChI=1S/C23H30N5O2/c1-17-10-7-8-14-27(17)16-19-24-21-20(22(29)26(3)23(30)25(21)2)28(19)15-9-13-18-11-5-4-6-12-18/h4-6,9,11-13,17,20H,7-8,10,14-16H2,1-3H3/q+1/b13-9+. The van der Waals surface area contributed by atoms with Crippen molar-refractivity contribution < 1.29 is 14.2 Å². The number of nitrogens with zero attached hydrogens (tertiary/aromatic N) is 5. The smallest absolute Gasteiger partial charge is 0.289 e. The molecule has 7 heteroatoms. The Morgan fingerprint density at radius 3 is 2.63 bits per heavy atom. The molecule has 158 valence electrons. The molecule has 3 aliphatic heterocycles. The van der Waals surface area contributed by atoms with Crippen LogP contribution >= 0.6 is 0 Å². The van der Waals surface area contributed by atoms with Crippen molar-refractivity contribution in [3.8, 4) is 0 Å². The van der Waals surface area contributed by atoms with Crippen LogP contribution in [0, 0.1) is 0 Å². The van der Waals surface area contributed by atoms with E-state index in [4.69, 9.17) is 4.99 Å². The van der Waals surface area contributed by atoms with Crippen LogP contribution in [0.15, 0.2) is 41.4 Å². The average molecular weight is 409 g/mol. The summed E-state index contributed by atoms with van der Waals surface area (Å²) < 4.78 is 2.05. The number of piperidine rings is 1. The van der Waals surface area contributed by atoms with Gasteiger partial charge in [-0.15, -0.1) is 0 Å². The number of benzene rings is 1. The van der Waals surface area contributed by atoms with E-state index in [1.807, 2.05) is 18.2 Å². The number of urea groups is 1. The van der Waals surface area contributed by atoms with Crippen molar-refractivity contribution >= 4 is 29.7 Å². The van der Waals surface area contributed by atoms with E-state index >= 15 is 0 Å². The number of aliphatic imine (C=N–C) groups is 1. The summed E-state index contributed by atoms with van der Waals surface area (Å²) in [5, 5.41) is 0. The zero-order valence-electron chi connectivity index (χ0n) is 18.0.